The molecule has 0 aromatic carbocycles. The molecule has 0 saturated heterocycles. The van der Waals surface area contributed by atoms with Gasteiger partial charge in [0.15, 0.2) is 6.10 Å². The lowest BCUT2D eigenvalue weighted by atomic mass is 10.1. The number of nitrogens with two attached hydrogens (primary N) is 1. The Morgan fingerprint density at radius 3 is 1.35 bits per heavy atom. The Labute approximate surface area is 376 Å². The smallest absolute Gasteiger partial charge is 0.472 e. The van der Waals surface area contributed by atoms with Crippen molar-refractivity contribution in [3.8, 4) is 0 Å². The molecule has 11 nitrogen and oxygen atoms in total. The van der Waals surface area contributed by atoms with E-state index in [-0.39, 0.29) is 19.4 Å². The quantitative estimate of drug-likeness (QED) is 0.0230. The molecule has 0 aromatic heterocycles. The van der Waals surface area contributed by atoms with Gasteiger partial charge in [-0.3, -0.25) is 23.4 Å². The van der Waals surface area contributed by atoms with Crippen LogP contribution in [0.25, 0.3) is 0 Å². The SMILES string of the molecule is CC/C=C\C/C=C\C/C=C\C/C=C\CCCCCCC(=O)OC(COC(=O)CCCCCCCCCCC/C=C\C/C=C\CCCCCCC)COP(=O)(O)OCC(N)C(=O)O. The Morgan fingerprint density at radius 1 is 0.516 bits per heavy atom. The maximum absolute atomic E-state index is 12.7. The van der Waals surface area contributed by atoms with Crippen molar-refractivity contribution in [3.63, 3.8) is 0 Å². The van der Waals surface area contributed by atoms with Gasteiger partial charge in [0.1, 0.15) is 12.6 Å². The summed E-state index contributed by atoms with van der Waals surface area (Å²) in [5.41, 5.74) is 5.34. The van der Waals surface area contributed by atoms with E-state index in [1.54, 1.807) is 0 Å². The van der Waals surface area contributed by atoms with E-state index >= 15 is 0 Å². The van der Waals surface area contributed by atoms with Gasteiger partial charge in [-0.15, -0.1) is 0 Å². The zero-order valence-corrected chi connectivity index (χ0v) is 39.6. The molecule has 0 aliphatic rings. The number of hydrogen-bond donors (Lipinski definition) is 3. The number of carbonyl (C=O) groups excluding carboxylic acids is 2. The number of rotatable bonds is 44. The molecule has 0 rings (SSSR count). The molecule has 0 bridgehead atoms. The fourth-order valence-electron chi connectivity index (χ4n) is 6.20. The van der Waals surface area contributed by atoms with Crippen molar-refractivity contribution in [1.82, 2.24) is 0 Å². The van der Waals surface area contributed by atoms with Crippen LogP contribution < -0.4 is 5.73 Å². The minimum Gasteiger partial charge on any atom is -0.480 e. The number of hydrogen-bond acceptors (Lipinski definition) is 9. The average Bonchev–Trinajstić information content (AvgIpc) is 3.25. The average molecular weight is 892 g/mol. The Hall–Kier alpha value is -3.08. The summed E-state index contributed by atoms with van der Waals surface area (Å²) in [6.07, 6.45) is 53.9. The van der Waals surface area contributed by atoms with Gasteiger partial charge in [-0.05, 0) is 83.5 Å². The molecule has 0 radical (unpaired) electrons. The lowest BCUT2D eigenvalue weighted by Gasteiger charge is -2.20. The molecule has 62 heavy (non-hydrogen) atoms. The summed E-state index contributed by atoms with van der Waals surface area (Å²) in [5, 5.41) is 8.91. The zero-order valence-electron chi connectivity index (χ0n) is 38.7. The third kappa shape index (κ3) is 43.6. The molecule has 0 aliphatic heterocycles. The van der Waals surface area contributed by atoms with E-state index in [9.17, 15) is 23.8 Å². The van der Waals surface area contributed by atoms with Gasteiger partial charge in [-0.1, -0.05) is 170 Å². The second-order valence-corrected chi connectivity index (χ2v) is 17.3. The maximum atomic E-state index is 12.7. The molecule has 0 aromatic rings. The number of carboxylic acid groups (broad SMARTS) is 1. The van der Waals surface area contributed by atoms with Gasteiger partial charge in [-0.2, -0.15) is 0 Å². The monoisotopic (exact) mass is 892 g/mol. The van der Waals surface area contributed by atoms with Crippen LogP contribution in [-0.2, 0) is 37.5 Å². The van der Waals surface area contributed by atoms with Gasteiger partial charge >= 0.3 is 25.7 Å². The van der Waals surface area contributed by atoms with Crippen molar-refractivity contribution >= 4 is 25.7 Å². The topological polar surface area (TPSA) is 172 Å². The molecule has 0 aliphatic carbocycles. The number of unbranched alkanes of at least 4 members (excludes halogenated alkanes) is 18. The molecule has 356 valence electrons. The van der Waals surface area contributed by atoms with E-state index < -0.39 is 51.1 Å². The lowest BCUT2D eigenvalue weighted by molar-refractivity contribution is -0.161. The number of carbonyl (C=O) groups is 3. The van der Waals surface area contributed by atoms with Crippen LogP contribution in [0.1, 0.15) is 194 Å². The van der Waals surface area contributed by atoms with Gasteiger partial charge in [0.2, 0.25) is 0 Å². The third-order valence-corrected chi connectivity index (χ3v) is 10.9. The van der Waals surface area contributed by atoms with Gasteiger partial charge in [0.25, 0.3) is 0 Å². The second-order valence-electron chi connectivity index (χ2n) is 15.9. The first-order valence-corrected chi connectivity index (χ1v) is 25.5. The number of phosphoric ester groups is 1. The van der Waals surface area contributed by atoms with Crippen LogP contribution in [0.15, 0.2) is 72.9 Å². The van der Waals surface area contributed by atoms with Crippen molar-refractivity contribution in [3.05, 3.63) is 72.9 Å². The van der Waals surface area contributed by atoms with Crippen LogP contribution >= 0.6 is 7.82 Å². The molecule has 0 saturated carbocycles. The summed E-state index contributed by atoms with van der Waals surface area (Å²) in [4.78, 5) is 46.1. The highest BCUT2D eigenvalue weighted by molar-refractivity contribution is 7.47. The standard InChI is InChI=1S/C50H86NO10P/c1-3-5-7-9-11-13-15-17-19-21-22-23-24-26-27-29-31-33-35-37-39-41-48(52)58-43-46(44-59-62(56,57)60-45-47(51)50(54)55)61-49(53)42-40-38-36-34-32-30-28-25-20-18-16-14-12-10-8-6-4-2/h6,8,12,14-15,17-18,20-22,28,30,46-47H,3-5,7,9-11,13,16,19,23-27,29,31-45,51H2,1-2H3,(H,54,55)(H,56,57)/b8-6-,14-12-,17-15-,20-18-,22-21-,30-28-. The van der Waals surface area contributed by atoms with E-state index in [2.05, 4.69) is 91.3 Å². The highest BCUT2D eigenvalue weighted by Crippen LogP contribution is 2.43. The number of esters is 2. The van der Waals surface area contributed by atoms with E-state index in [1.165, 1.54) is 70.6 Å². The Bertz CT molecular complexity index is 1320. The fraction of sp³-hybridized carbons (Fsp3) is 0.700. The van der Waals surface area contributed by atoms with Crippen LogP contribution in [0.4, 0.5) is 0 Å². The Kier molecular flexibility index (Phi) is 42.3. The first-order chi connectivity index (χ1) is 30.1. The predicted octanol–water partition coefficient (Wildman–Crippen LogP) is 13.3. The van der Waals surface area contributed by atoms with Crippen LogP contribution in [0.5, 0.6) is 0 Å². The number of phosphoric acid groups is 1. The van der Waals surface area contributed by atoms with E-state index in [0.717, 1.165) is 83.5 Å². The molecule has 0 heterocycles. The van der Waals surface area contributed by atoms with Crippen molar-refractivity contribution in [1.29, 1.82) is 0 Å². The third-order valence-electron chi connectivity index (χ3n) is 9.94. The van der Waals surface area contributed by atoms with Gasteiger partial charge < -0.3 is 25.2 Å². The van der Waals surface area contributed by atoms with Crippen molar-refractivity contribution in [2.75, 3.05) is 19.8 Å². The largest absolute Gasteiger partial charge is 0.480 e. The fourth-order valence-corrected chi connectivity index (χ4v) is 6.98. The highest BCUT2D eigenvalue weighted by atomic mass is 31.2. The first kappa shape index (κ1) is 58.9. The van der Waals surface area contributed by atoms with Crippen molar-refractivity contribution in [2.45, 2.75) is 206 Å². The number of ether oxygens (including phenoxy) is 2. The molecule has 4 N–H and O–H groups in total. The first-order valence-electron chi connectivity index (χ1n) is 24.0. The zero-order chi connectivity index (χ0) is 45.6. The number of allylic oxidation sites excluding steroid dienone is 12. The summed E-state index contributed by atoms with van der Waals surface area (Å²) in [5.74, 6) is -2.42. The normalized spacial score (nSPS) is 14.3. The van der Waals surface area contributed by atoms with Gasteiger partial charge in [0, 0.05) is 12.8 Å². The van der Waals surface area contributed by atoms with Crippen LogP contribution in [0.2, 0.25) is 0 Å². The molecular weight excluding hydrogens is 806 g/mol. The van der Waals surface area contributed by atoms with Crippen LogP contribution in [0.3, 0.4) is 0 Å². The van der Waals surface area contributed by atoms with Crippen molar-refractivity contribution < 1.29 is 47.5 Å². The molecular formula is C50H86NO10P. The summed E-state index contributed by atoms with van der Waals surface area (Å²) >= 11 is 0. The molecule has 12 heteroatoms. The number of carboxylic acids is 1. The summed E-state index contributed by atoms with van der Waals surface area (Å²) in [6, 6.07) is -1.53. The molecule has 3 atom stereocenters. The minimum absolute atomic E-state index is 0.129. The van der Waals surface area contributed by atoms with E-state index in [0.29, 0.717) is 12.8 Å². The van der Waals surface area contributed by atoms with E-state index in [1.807, 2.05) is 0 Å². The summed E-state index contributed by atoms with van der Waals surface area (Å²) < 4.78 is 32.8. The number of aliphatic carboxylic acids is 1. The predicted molar refractivity (Wildman–Crippen MR) is 254 cm³/mol. The molecule has 0 amide bonds. The van der Waals surface area contributed by atoms with Crippen LogP contribution in [0, 0.1) is 0 Å². The van der Waals surface area contributed by atoms with Gasteiger partial charge in [0.05, 0.1) is 13.2 Å². The Morgan fingerprint density at radius 2 is 0.903 bits per heavy atom. The Balaban J connectivity index is 4.34. The maximum Gasteiger partial charge on any atom is 0.472 e. The van der Waals surface area contributed by atoms with Crippen LogP contribution in [-0.4, -0.2) is 59.9 Å². The highest BCUT2D eigenvalue weighted by Gasteiger charge is 2.28. The van der Waals surface area contributed by atoms with Crippen molar-refractivity contribution in [2.24, 2.45) is 5.73 Å². The summed E-state index contributed by atoms with van der Waals surface area (Å²) in [6.45, 7) is 2.66. The van der Waals surface area contributed by atoms with E-state index in [4.69, 9.17) is 24.8 Å². The molecule has 0 fully saturated rings. The second kappa shape index (κ2) is 44.5. The summed E-state index contributed by atoms with van der Waals surface area (Å²) in [7, 11) is -4.73. The minimum atomic E-state index is -4.73. The molecule has 0 spiro atoms. The van der Waals surface area contributed by atoms with Gasteiger partial charge in [-0.25, -0.2) is 4.57 Å². The molecule has 3 unspecified atom stereocenters. The lowest BCUT2D eigenvalue weighted by Crippen LogP contribution is -2.34.